The molecule has 0 spiro atoms. The smallest absolute Gasteiger partial charge is 0.250 e. The molecule has 3 rings (SSSR count). The third-order valence-electron chi connectivity index (χ3n) is 3.14. The number of nitrogens with zero attached hydrogens (tertiary/aromatic N) is 2. The molecule has 1 heterocycles. The van der Waals surface area contributed by atoms with Crippen LogP contribution in [0, 0.1) is 0 Å². The van der Waals surface area contributed by atoms with Crippen molar-refractivity contribution in [3.05, 3.63) is 76.8 Å². The average molecular weight is 388 g/mol. The van der Waals surface area contributed by atoms with Crippen LogP contribution in [0.3, 0.4) is 0 Å². The zero-order valence-electron chi connectivity index (χ0n) is 13.1. The molecule has 2 aromatic carbocycles. The number of benzene rings is 2. The standard InChI is InChI=1S/C18H14ClN3OS2/c19-15-9-6-14(7-10-15)12-24-18-22-21-17(25-18)20-16(23)11-8-13-4-2-1-3-5-13/h1-11H,12H2,(H,20,21,23). The van der Waals surface area contributed by atoms with Gasteiger partial charge in [0.2, 0.25) is 11.0 Å². The van der Waals surface area contributed by atoms with Crippen molar-refractivity contribution in [1.82, 2.24) is 10.2 Å². The summed E-state index contributed by atoms with van der Waals surface area (Å²) in [7, 11) is 0. The quantitative estimate of drug-likeness (QED) is 0.361. The van der Waals surface area contributed by atoms with Crippen molar-refractivity contribution in [3.8, 4) is 0 Å². The highest BCUT2D eigenvalue weighted by molar-refractivity contribution is 8.00. The Hall–Kier alpha value is -2.15. The number of hydrogen-bond donors (Lipinski definition) is 1. The van der Waals surface area contributed by atoms with Gasteiger partial charge in [-0.05, 0) is 29.3 Å². The highest BCUT2D eigenvalue weighted by Gasteiger charge is 2.07. The summed E-state index contributed by atoms with van der Waals surface area (Å²) >= 11 is 8.80. The topological polar surface area (TPSA) is 54.9 Å². The highest BCUT2D eigenvalue weighted by Crippen LogP contribution is 2.28. The molecule has 25 heavy (non-hydrogen) atoms. The van der Waals surface area contributed by atoms with Crippen LogP contribution in [0.25, 0.3) is 6.08 Å². The van der Waals surface area contributed by atoms with Crippen LogP contribution < -0.4 is 5.32 Å². The molecule has 1 N–H and O–H groups in total. The van der Waals surface area contributed by atoms with E-state index in [0.29, 0.717) is 5.13 Å². The first kappa shape index (κ1) is 17.7. The molecule has 4 nitrogen and oxygen atoms in total. The third kappa shape index (κ3) is 5.70. The van der Waals surface area contributed by atoms with Gasteiger partial charge in [0.25, 0.3) is 0 Å². The Morgan fingerprint density at radius 1 is 1.12 bits per heavy atom. The van der Waals surface area contributed by atoms with Gasteiger partial charge in [-0.1, -0.05) is 77.2 Å². The second-order valence-electron chi connectivity index (χ2n) is 5.02. The molecule has 0 aliphatic heterocycles. The molecule has 7 heteroatoms. The molecule has 0 fully saturated rings. The fourth-order valence-corrected chi connectivity index (χ4v) is 3.76. The number of hydrogen-bond acceptors (Lipinski definition) is 5. The van der Waals surface area contributed by atoms with Gasteiger partial charge in [-0.15, -0.1) is 10.2 Å². The monoisotopic (exact) mass is 387 g/mol. The lowest BCUT2D eigenvalue weighted by molar-refractivity contribution is -0.111. The summed E-state index contributed by atoms with van der Waals surface area (Å²) in [6.07, 6.45) is 3.24. The summed E-state index contributed by atoms with van der Waals surface area (Å²) in [5.74, 6) is 0.544. The summed E-state index contributed by atoms with van der Waals surface area (Å²) in [6.45, 7) is 0. The lowest BCUT2D eigenvalue weighted by atomic mass is 10.2. The minimum Gasteiger partial charge on any atom is -0.297 e. The van der Waals surface area contributed by atoms with E-state index in [1.165, 1.54) is 17.4 Å². The number of amides is 1. The molecule has 0 bridgehead atoms. The van der Waals surface area contributed by atoms with Crippen LogP contribution in [0.5, 0.6) is 0 Å². The number of rotatable bonds is 6. The summed E-state index contributed by atoms with van der Waals surface area (Å²) in [5, 5.41) is 12.0. The Kier molecular flexibility index (Phi) is 6.22. The molecule has 126 valence electrons. The molecular formula is C18H14ClN3OS2. The molecule has 0 aliphatic carbocycles. The van der Waals surface area contributed by atoms with E-state index in [9.17, 15) is 4.79 Å². The van der Waals surface area contributed by atoms with Crippen LogP contribution in [0.4, 0.5) is 5.13 Å². The zero-order valence-corrected chi connectivity index (χ0v) is 15.4. The van der Waals surface area contributed by atoms with Gasteiger partial charge in [-0.3, -0.25) is 10.1 Å². The van der Waals surface area contributed by atoms with Crippen molar-refractivity contribution >= 4 is 51.8 Å². The predicted molar refractivity (Wildman–Crippen MR) is 105 cm³/mol. The highest BCUT2D eigenvalue weighted by atomic mass is 35.5. The Bertz CT molecular complexity index is 864. The second-order valence-corrected chi connectivity index (χ2v) is 7.66. The first-order valence-corrected chi connectivity index (χ1v) is 9.62. The minimum absolute atomic E-state index is 0.228. The van der Waals surface area contributed by atoms with Crippen LogP contribution in [-0.2, 0) is 10.5 Å². The van der Waals surface area contributed by atoms with Gasteiger partial charge in [0, 0.05) is 16.9 Å². The maximum absolute atomic E-state index is 11.9. The van der Waals surface area contributed by atoms with Crippen molar-refractivity contribution in [2.24, 2.45) is 0 Å². The summed E-state index contributed by atoms with van der Waals surface area (Å²) < 4.78 is 0.803. The van der Waals surface area contributed by atoms with Gasteiger partial charge >= 0.3 is 0 Å². The van der Waals surface area contributed by atoms with E-state index in [1.807, 2.05) is 54.6 Å². The fourth-order valence-electron chi connectivity index (χ4n) is 1.93. The minimum atomic E-state index is -0.228. The van der Waals surface area contributed by atoms with Crippen molar-refractivity contribution in [3.63, 3.8) is 0 Å². The third-order valence-corrected chi connectivity index (χ3v) is 5.43. The SMILES string of the molecule is O=C(C=Cc1ccccc1)Nc1nnc(SCc2ccc(Cl)cc2)s1. The fraction of sp³-hybridized carbons (Fsp3) is 0.0556. The second kappa shape index (κ2) is 8.80. The summed E-state index contributed by atoms with van der Waals surface area (Å²) in [6, 6.07) is 17.3. The van der Waals surface area contributed by atoms with Gasteiger partial charge in [-0.25, -0.2) is 0 Å². The molecular weight excluding hydrogens is 374 g/mol. The molecule has 0 saturated heterocycles. The van der Waals surface area contributed by atoms with Crippen molar-refractivity contribution in [2.45, 2.75) is 10.1 Å². The van der Waals surface area contributed by atoms with E-state index >= 15 is 0 Å². The number of thioether (sulfide) groups is 1. The molecule has 0 radical (unpaired) electrons. The van der Waals surface area contributed by atoms with Crippen LogP contribution in [0.1, 0.15) is 11.1 Å². The van der Waals surface area contributed by atoms with Crippen LogP contribution >= 0.6 is 34.7 Å². The number of carbonyl (C=O) groups excluding carboxylic acids is 1. The van der Waals surface area contributed by atoms with Gasteiger partial charge in [0.1, 0.15) is 0 Å². The summed E-state index contributed by atoms with van der Waals surface area (Å²) in [5.41, 5.74) is 2.12. The number of carbonyl (C=O) groups is 1. The first-order valence-electron chi connectivity index (χ1n) is 7.44. The predicted octanol–water partition coefficient (Wildman–Crippen LogP) is 5.14. The van der Waals surface area contributed by atoms with E-state index in [2.05, 4.69) is 15.5 Å². The molecule has 0 atom stereocenters. The lowest BCUT2D eigenvalue weighted by Gasteiger charge is -1.98. The van der Waals surface area contributed by atoms with E-state index < -0.39 is 0 Å². The first-order chi connectivity index (χ1) is 12.2. The van der Waals surface area contributed by atoms with Gasteiger partial charge in [0.15, 0.2) is 4.34 Å². The Morgan fingerprint density at radius 3 is 2.64 bits per heavy atom. The molecule has 0 saturated carbocycles. The number of aromatic nitrogens is 2. The van der Waals surface area contributed by atoms with Crippen molar-refractivity contribution in [1.29, 1.82) is 0 Å². The Morgan fingerprint density at radius 2 is 1.88 bits per heavy atom. The lowest BCUT2D eigenvalue weighted by Crippen LogP contribution is -2.07. The van der Waals surface area contributed by atoms with Crippen LogP contribution in [0.2, 0.25) is 5.02 Å². The van der Waals surface area contributed by atoms with Gasteiger partial charge in [0.05, 0.1) is 0 Å². The number of anilines is 1. The molecule has 0 aliphatic rings. The van der Waals surface area contributed by atoms with Gasteiger partial charge in [-0.2, -0.15) is 0 Å². The molecule has 1 amide bonds. The van der Waals surface area contributed by atoms with Crippen LogP contribution in [0.15, 0.2) is 65.0 Å². The van der Waals surface area contributed by atoms with E-state index in [1.54, 1.807) is 17.8 Å². The van der Waals surface area contributed by atoms with E-state index in [-0.39, 0.29) is 5.91 Å². The van der Waals surface area contributed by atoms with E-state index in [4.69, 9.17) is 11.6 Å². The molecule has 3 aromatic rings. The maximum atomic E-state index is 11.9. The molecule has 0 unspecified atom stereocenters. The van der Waals surface area contributed by atoms with Crippen molar-refractivity contribution in [2.75, 3.05) is 5.32 Å². The van der Waals surface area contributed by atoms with Crippen molar-refractivity contribution < 1.29 is 4.79 Å². The number of halogens is 1. The van der Waals surface area contributed by atoms with E-state index in [0.717, 1.165) is 26.2 Å². The average Bonchev–Trinajstić information content (AvgIpc) is 3.08. The summed E-state index contributed by atoms with van der Waals surface area (Å²) in [4.78, 5) is 11.9. The zero-order chi connectivity index (χ0) is 17.5. The Balaban J connectivity index is 1.51. The Labute approximate surface area is 159 Å². The molecule has 1 aromatic heterocycles. The van der Waals surface area contributed by atoms with Crippen LogP contribution in [-0.4, -0.2) is 16.1 Å². The largest absolute Gasteiger partial charge is 0.297 e. The maximum Gasteiger partial charge on any atom is 0.250 e. The number of nitrogens with one attached hydrogen (secondary N) is 1. The normalized spacial score (nSPS) is 10.9. The van der Waals surface area contributed by atoms with Gasteiger partial charge < -0.3 is 0 Å².